The molecule has 0 aliphatic heterocycles. The molecule has 1 amide bonds. The molecule has 0 N–H and O–H groups in total. The predicted molar refractivity (Wildman–Crippen MR) is 94.1 cm³/mol. The maximum Gasteiger partial charge on any atom is 0.390 e. The quantitative estimate of drug-likeness (QED) is 0.691. The second-order valence-electron chi connectivity index (χ2n) is 5.90. The zero-order valence-electron chi connectivity index (χ0n) is 14.6. The number of hydrogen-bond donors (Lipinski definition) is 0. The third-order valence-corrected chi connectivity index (χ3v) is 3.96. The van der Waals surface area contributed by atoms with Crippen molar-refractivity contribution in [1.29, 1.82) is 0 Å². The molecule has 26 heavy (non-hydrogen) atoms. The van der Waals surface area contributed by atoms with E-state index in [1.807, 2.05) is 42.5 Å². The lowest BCUT2D eigenvalue weighted by Crippen LogP contribution is -2.37. The van der Waals surface area contributed by atoms with Crippen molar-refractivity contribution in [2.75, 3.05) is 19.7 Å². The molecule has 0 fully saturated rings. The van der Waals surface area contributed by atoms with E-state index >= 15 is 0 Å². The summed E-state index contributed by atoms with van der Waals surface area (Å²) in [6, 6.07) is 17.2. The van der Waals surface area contributed by atoms with Crippen molar-refractivity contribution in [2.45, 2.75) is 25.9 Å². The molecular weight excluding hydrogens is 343 g/mol. The lowest BCUT2D eigenvalue weighted by atomic mass is 10.0. The molecule has 140 valence electrons. The van der Waals surface area contributed by atoms with Crippen molar-refractivity contribution in [3.63, 3.8) is 0 Å². The van der Waals surface area contributed by atoms with Crippen molar-refractivity contribution in [2.24, 2.45) is 0 Å². The average molecular weight is 365 g/mol. The van der Waals surface area contributed by atoms with Crippen LogP contribution in [0.4, 0.5) is 13.2 Å². The van der Waals surface area contributed by atoms with Gasteiger partial charge < -0.3 is 9.64 Å². The van der Waals surface area contributed by atoms with Crippen molar-refractivity contribution in [3.05, 3.63) is 65.7 Å². The number of rotatable bonds is 8. The Morgan fingerprint density at radius 3 is 2.35 bits per heavy atom. The van der Waals surface area contributed by atoms with Gasteiger partial charge in [0.1, 0.15) is 5.75 Å². The fourth-order valence-electron chi connectivity index (χ4n) is 2.56. The van der Waals surface area contributed by atoms with Crippen LogP contribution < -0.4 is 4.74 Å². The van der Waals surface area contributed by atoms with E-state index < -0.39 is 18.5 Å². The van der Waals surface area contributed by atoms with Crippen molar-refractivity contribution in [1.82, 2.24) is 4.90 Å². The summed E-state index contributed by atoms with van der Waals surface area (Å²) in [4.78, 5) is 13.3. The predicted octanol–water partition coefficient (Wildman–Crippen LogP) is 4.46. The zero-order chi connectivity index (χ0) is 19.0. The second-order valence-corrected chi connectivity index (χ2v) is 5.90. The maximum atomic E-state index is 12.4. The van der Waals surface area contributed by atoms with Crippen LogP contribution >= 0.6 is 0 Å². The standard InChI is InChI=1S/C20H22F3NO2/c1-2-24(13-12-20(21,22)23)19(25)15-26-18-11-7-6-10-17(18)14-16-8-4-3-5-9-16/h3-11H,2,12-15H2,1H3. The number of halogens is 3. The maximum absolute atomic E-state index is 12.4. The van der Waals surface area contributed by atoms with Crippen molar-refractivity contribution in [3.8, 4) is 5.75 Å². The SMILES string of the molecule is CCN(CCC(F)(F)F)C(=O)COc1ccccc1Cc1ccccc1. The summed E-state index contributed by atoms with van der Waals surface area (Å²) >= 11 is 0. The molecule has 0 unspecified atom stereocenters. The van der Waals surface area contributed by atoms with E-state index in [2.05, 4.69) is 0 Å². The van der Waals surface area contributed by atoms with Gasteiger partial charge in [-0.25, -0.2) is 0 Å². The average Bonchev–Trinajstić information content (AvgIpc) is 2.61. The van der Waals surface area contributed by atoms with Gasteiger partial charge in [-0.05, 0) is 24.1 Å². The first-order valence-electron chi connectivity index (χ1n) is 8.48. The van der Waals surface area contributed by atoms with E-state index in [1.165, 1.54) is 0 Å². The molecule has 0 bridgehead atoms. The number of likely N-dealkylation sites (N-methyl/N-ethyl adjacent to an activating group) is 1. The Labute approximate surface area is 151 Å². The Morgan fingerprint density at radius 2 is 1.69 bits per heavy atom. The first-order valence-corrected chi connectivity index (χ1v) is 8.48. The number of carbonyl (C=O) groups excluding carboxylic acids is 1. The van der Waals surface area contributed by atoms with Gasteiger partial charge in [0.2, 0.25) is 0 Å². The van der Waals surface area contributed by atoms with Crippen LogP contribution in [0.3, 0.4) is 0 Å². The molecule has 2 rings (SSSR count). The summed E-state index contributed by atoms with van der Waals surface area (Å²) in [6.45, 7) is 1.23. The minimum absolute atomic E-state index is 0.212. The van der Waals surface area contributed by atoms with Gasteiger partial charge in [0.15, 0.2) is 6.61 Å². The fraction of sp³-hybridized carbons (Fsp3) is 0.350. The molecule has 0 heterocycles. The van der Waals surface area contributed by atoms with Gasteiger partial charge in [0.05, 0.1) is 6.42 Å². The highest BCUT2D eigenvalue weighted by atomic mass is 19.4. The number of nitrogens with zero attached hydrogens (tertiary/aromatic N) is 1. The van der Waals surface area contributed by atoms with Gasteiger partial charge in [0.25, 0.3) is 5.91 Å². The molecule has 0 aliphatic rings. The van der Waals surface area contributed by atoms with Gasteiger partial charge in [0, 0.05) is 19.5 Å². The number of amides is 1. The Balaban J connectivity index is 1.97. The van der Waals surface area contributed by atoms with Crippen LogP contribution in [0.15, 0.2) is 54.6 Å². The second kappa shape index (κ2) is 9.27. The molecule has 0 saturated heterocycles. The number of carbonyl (C=O) groups is 1. The van der Waals surface area contributed by atoms with Crippen LogP contribution in [-0.4, -0.2) is 36.7 Å². The van der Waals surface area contributed by atoms with Crippen LogP contribution in [0.1, 0.15) is 24.5 Å². The Morgan fingerprint density at radius 1 is 1.04 bits per heavy atom. The third kappa shape index (κ3) is 6.43. The molecule has 0 aliphatic carbocycles. The van der Waals surface area contributed by atoms with Crippen LogP contribution in [0.25, 0.3) is 0 Å². The normalized spacial score (nSPS) is 11.2. The molecule has 2 aromatic rings. The minimum atomic E-state index is -4.28. The van der Waals surface area contributed by atoms with Crippen molar-refractivity contribution < 1.29 is 22.7 Å². The molecule has 0 atom stereocenters. The molecule has 6 heteroatoms. The third-order valence-electron chi connectivity index (χ3n) is 3.96. The van der Waals surface area contributed by atoms with Gasteiger partial charge in [-0.1, -0.05) is 48.5 Å². The molecule has 3 nitrogen and oxygen atoms in total. The fourth-order valence-corrected chi connectivity index (χ4v) is 2.56. The lowest BCUT2D eigenvalue weighted by Gasteiger charge is -2.22. The van der Waals surface area contributed by atoms with E-state index in [1.54, 1.807) is 19.1 Å². The Kier molecular flexibility index (Phi) is 7.06. The molecule has 2 aromatic carbocycles. The number of alkyl halides is 3. The largest absolute Gasteiger partial charge is 0.483 e. The summed E-state index contributed by atoms with van der Waals surface area (Å²) in [5.74, 6) is 0.114. The van der Waals surface area contributed by atoms with Crippen LogP contribution in [0.2, 0.25) is 0 Å². The highest BCUT2D eigenvalue weighted by molar-refractivity contribution is 5.77. The van der Waals surface area contributed by atoms with E-state index in [4.69, 9.17) is 4.74 Å². The van der Waals surface area contributed by atoms with Gasteiger partial charge in [-0.3, -0.25) is 4.79 Å². The van der Waals surface area contributed by atoms with Gasteiger partial charge in [-0.2, -0.15) is 13.2 Å². The topological polar surface area (TPSA) is 29.5 Å². The van der Waals surface area contributed by atoms with Crippen LogP contribution in [-0.2, 0) is 11.2 Å². The van der Waals surface area contributed by atoms with Gasteiger partial charge in [-0.15, -0.1) is 0 Å². The monoisotopic (exact) mass is 365 g/mol. The Bertz CT molecular complexity index is 702. The van der Waals surface area contributed by atoms with Gasteiger partial charge >= 0.3 is 6.18 Å². The lowest BCUT2D eigenvalue weighted by molar-refractivity contribution is -0.146. The minimum Gasteiger partial charge on any atom is -0.483 e. The smallest absolute Gasteiger partial charge is 0.390 e. The highest BCUT2D eigenvalue weighted by Gasteiger charge is 2.28. The van der Waals surface area contributed by atoms with Crippen molar-refractivity contribution >= 4 is 5.91 Å². The number of hydrogen-bond acceptors (Lipinski definition) is 2. The first-order chi connectivity index (χ1) is 12.4. The Hall–Kier alpha value is -2.50. The van der Waals surface area contributed by atoms with Crippen LogP contribution in [0, 0.1) is 0 Å². The molecule has 0 radical (unpaired) electrons. The molecule has 0 spiro atoms. The summed E-state index contributed by atoms with van der Waals surface area (Å²) in [6.07, 6.45) is -4.65. The van der Waals surface area contributed by atoms with E-state index in [-0.39, 0.29) is 19.7 Å². The number of para-hydroxylation sites is 1. The zero-order valence-corrected chi connectivity index (χ0v) is 14.6. The number of benzene rings is 2. The molecular formula is C20H22F3NO2. The summed E-state index contributed by atoms with van der Waals surface area (Å²) in [5.41, 5.74) is 2.03. The van der Waals surface area contributed by atoms with Crippen LogP contribution in [0.5, 0.6) is 5.75 Å². The summed E-state index contributed by atoms with van der Waals surface area (Å²) < 4.78 is 42.7. The first kappa shape index (κ1) is 19.8. The van der Waals surface area contributed by atoms with E-state index in [0.717, 1.165) is 16.0 Å². The molecule has 0 saturated carbocycles. The summed E-state index contributed by atoms with van der Waals surface area (Å²) in [5, 5.41) is 0. The van der Waals surface area contributed by atoms with E-state index in [9.17, 15) is 18.0 Å². The number of ether oxygens (including phenoxy) is 1. The van der Waals surface area contributed by atoms with E-state index in [0.29, 0.717) is 12.2 Å². The highest BCUT2D eigenvalue weighted by Crippen LogP contribution is 2.22. The summed E-state index contributed by atoms with van der Waals surface area (Å²) in [7, 11) is 0. The molecule has 0 aromatic heterocycles.